The van der Waals surface area contributed by atoms with Crippen molar-refractivity contribution in [3.63, 3.8) is 0 Å². The van der Waals surface area contributed by atoms with Crippen LogP contribution >= 0.6 is 0 Å². The van der Waals surface area contributed by atoms with Crippen molar-refractivity contribution in [1.29, 1.82) is 0 Å². The number of nitrogens with zero attached hydrogens (tertiary/aromatic N) is 3. The molecule has 0 aliphatic carbocycles. The van der Waals surface area contributed by atoms with E-state index < -0.39 is 0 Å². The fourth-order valence-electron chi connectivity index (χ4n) is 2.90. The number of carbonyl (C=O) groups excluding carboxylic acids is 2. The normalized spacial score (nSPS) is 17.2. The van der Waals surface area contributed by atoms with E-state index in [-0.39, 0.29) is 17.7 Å². The summed E-state index contributed by atoms with van der Waals surface area (Å²) in [4.78, 5) is 32.8. The van der Waals surface area contributed by atoms with Crippen molar-refractivity contribution >= 4 is 23.3 Å². The third-order valence-corrected chi connectivity index (χ3v) is 4.28. The van der Waals surface area contributed by atoms with Gasteiger partial charge in [-0.25, -0.2) is 4.98 Å². The molecule has 2 aromatic rings. The van der Waals surface area contributed by atoms with Crippen molar-refractivity contribution in [3.8, 4) is 0 Å². The molecule has 7 nitrogen and oxygen atoms in total. The van der Waals surface area contributed by atoms with Crippen LogP contribution in [0.2, 0.25) is 0 Å². The highest BCUT2D eigenvalue weighted by Crippen LogP contribution is 2.21. The van der Waals surface area contributed by atoms with Crippen LogP contribution in [0.25, 0.3) is 0 Å². The van der Waals surface area contributed by atoms with E-state index in [0.29, 0.717) is 24.5 Å². The van der Waals surface area contributed by atoms with E-state index in [1.807, 2.05) is 31.1 Å². The summed E-state index contributed by atoms with van der Waals surface area (Å²) in [5, 5.41) is 2.89. The van der Waals surface area contributed by atoms with E-state index in [9.17, 15) is 9.59 Å². The number of anilines is 2. The van der Waals surface area contributed by atoms with Gasteiger partial charge in [0.1, 0.15) is 5.82 Å². The Kier molecular flexibility index (Phi) is 5.02. The predicted octanol–water partition coefficient (Wildman–Crippen LogP) is 2.23. The van der Waals surface area contributed by atoms with Crippen LogP contribution in [0.15, 0.2) is 41.1 Å². The van der Waals surface area contributed by atoms with Crippen molar-refractivity contribution in [2.45, 2.75) is 12.8 Å². The molecule has 3 rings (SSSR count). The Morgan fingerprint density at radius 1 is 1.32 bits per heavy atom. The molecule has 7 heteroatoms. The Morgan fingerprint density at radius 2 is 2.16 bits per heavy atom. The van der Waals surface area contributed by atoms with Gasteiger partial charge in [0.25, 0.3) is 5.91 Å². The Labute approximate surface area is 146 Å². The molecule has 25 heavy (non-hydrogen) atoms. The first-order chi connectivity index (χ1) is 12.0. The maximum atomic E-state index is 12.5. The van der Waals surface area contributed by atoms with Gasteiger partial charge in [-0.3, -0.25) is 9.59 Å². The summed E-state index contributed by atoms with van der Waals surface area (Å²) < 4.78 is 5.17. The summed E-state index contributed by atoms with van der Waals surface area (Å²) in [5.74, 6) is 0.646. The number of hydrogen-bond acceptors (Lipinski definition) is 5. The Bertz CT molecular complexity index is 725. The number of nitrogens with one attached hydrogen (secondary N) is 1. The lowest BCUT2D eigenvalue weighted by Gasteiger charge is -2.31. The minimum Gasteiger partial charge on any atom is -0.459 e. The number of carbonyl (C=O) groups is 2. The maximum absolute atomic E-state index is 12.5. The third-order valence-electron chi connectivity index (χ3n) is 4.28. The van der Waals surface area contributed by atoms with E-state index in [0.717, 1.165) is 18.7 Å². The lowest BCUT2D eigenvalue weighted by atomic mass is 9.97. The molecule has 1 N–H and O–H groups in total. The molecule has 1 atom stereocenters. The molecular weight excluding hydrogens is 320 g/mol. The molecule has 2 aromatic heterocycles. The SMILES string of the molecule is CN(C)c1ccc(NC(=O)[C@H]2CCCN(C(=O)c3ccco3)C2)cn1. The molecule has 3 heterocycles. The zero-order valence-corrected chi connectivity index (χ0v) is 14.4. The van der Waals surface area contributed by atoms with Crippen LogP contribution in [0.1, 0.15) is 23.4 Å². The smallest absolute Gasteiger partial charge is 0.289 e. The monoisotopic (exact) mass is 342 g/mol. The van der Waals surface area contributed by atoms with Gasteiger partial charge in [0, 0.05) is 27.2 Å². The summed E-state index contributed by atoms with van der Waals surface area (Å²) in [6, 6.07) is 7.01. The van der Waals surface area contributed by atoms with E-state index in [4.69, 9.17) is 4.42 Å². The Hall–Kier alpha value is -2.83. The van der Waals surface area contributed by atoms with Gasteiger partial charge < -0.3 is 19.5 Å². The first-order valence-electron chi connectivity index (χ1n) is 8.31. The number of amides is 2. The van der Waals surface area contributed by atoms with Gasteiger partial charge in [0.15, 0.2) is 5.76 Å². The molecule has 132 valence electrons. The quantitative estimate of drug-likeness (QED) is 0.922. The van der Waals surface area contributed by atoms with Crippen LogP contribution in [0, 0.1) is 5.92 Å². The number of furan rings is 1. The molecule has 2 amide bonds. The minimum absolute atomic E-state index is 0.0867. The van der Waals surface area contributed by atoms with Crippen LogP contribution < -0.4 is 10.2 Å². The first-order valence-corrected chi connectivity index (χ1v) is 8.31. The van der Waals surface area contributed by atoms with Gasteiger partial charge in [-0.15, -0.1) is 0 Å². The number of hydrogen-bond donors (Lipinski definition) is 1. The van der Waals surface area contributed by atoms with E-state index in [1.54, 1.807) is 23.2 Å². The second-order valence-electron chi connectivity index (χ2n) is 6.36. The van der Waals surface area contributed by atoms with Crippen LogP contribution in [0.5, 0.6) is 0 Å². The van der Waals surface area contributed by atoms with Gasteiger partial charge in [-0.1, -0.05) is 0 Å². The number of piperidine rings is 1. The van der Waals surface area contributed by atoms with Crippen LogP contribution in [-0.2, 0) is 4.79 Å². The highest BCUT2D eigenvalue weighted by molar-refractivity contribution is 5.94. The number of pyridine rings is 1. The maximum Gasteiger partial charge on any atom is 0.289 e. The summed E-state index contributed by atoms with van der Waals surface area (Å²) in [5.41, 5.74) is 0.657. The van der Waals surface area contributed by atoms with Crippen molar-refractivity contribution in [2.24, 2.45) is 5.92 Å². The topological polar surface area (TPSA) is 78.7 Å². The summed E-state index contributed by atoms with van der Waals surface area (Å²) in [6.45, 7) is 1.04. The van der Waals surface area contributed by atoms with Gasteiger partial charge in [0.2, 0.25) is 5.91 Å². The fraction of sp³-hybridized carbons (Fsp3) is 0.389. The van der Waals surface area contributed by atoms with E-state index in [2.05, 4.69) is 10.3 Å². The summed E-state index contributed by atoms with van der Waals surface area (Å²) in [7, 11) is 3.82. The lowest BCUT2D eigenvalue weighted by Crippen LogP contribution is -2.43. The van der Waals surface area contributed by atoms with Crippen LogP contribution in [0.4, 0.5) is 11.5 Å². The predicted molar refractivity (Wildman–Crippen MR) is 94.5 cm³/mol. The molecule has 1 aliphatic rings. The Morgan fingerprint density at radius 3 is 2.80 bits per heavy atom. The molecular formula is C18H22N4O3. The van der Waals surface area contributed by atoms with Gasteiger partial charge in [-0.05, 0) is 37.1 Å². The van der Waals surface area contributed by atoms with E-state index in [1.165, 1.54) is 6.26 Å². The van der Waals surface area contributed by atoms with Crippen molar-refractivity contribution in [3.05, 3.63) is 42.5 Å². The summed E-state index contributed by atoms with van der Waals surface area (Å²) in [6.07, 6.45) is 4.67. The largest absolute Gasteiger partial charge is 0.459 e. The zero-order chi connectivity index (χ0) is 17.8. The second-order valence-corrected chi connectivity index (χ2v) is 6.36. The van der Waals surface area contributed by atoms with Crippen molar-refractivity contribution in [1.82, 2.24) is 9.88 Å². The molecule has 0 bridgehead atoms. The molecule has 0 aromatic carbocycles. The standard InChI is InChI=1S/C18H22N4O3/c1-21(2)16-8-7-14(11-19-16)20-17(23)13-5-3-9-22(12-13)18(24)15-6-4-10-25-15/h4,6-8,10-11,13H,3,5,9,12H2,1-2H3,(H,20,23)/t13-/m0/s1. The molecule has 1 fully saturated rings. The molecule has 0 spiro atoms. The van der Waals surface area contributed by atoms with Crippen molar-refractivity contribution in [2.75, 3.05) is 37.4 Å². The third kappa shape index (κ3) is 3.99. The van der Waals surface area contributed by atoms with Crippen LogP contribution in [0.3, 0.4) is 0 Å². The second kappa shape index (κ2) is 7.38. The number of likely N-dealkylation sites (tertiary alicyclic amines) is 1. The average Bonchev–Trinajstić information content (AvgIpc) is 3.16. The van der Waals surface area contributed by atoms with Crippen LogP contribution in [-0.4, -0.2) is 48.9 Å². The zero-order valence-electron chi connectivity index (χ0n) is 14.4. The molecule has 0 saturated carbocycles. The lowest BCUT2D eigenvalue weighted by molar-refractivity contribution is -0.121. The number of rotatable bonds is 4. The minimum atomic E-state index is -0.235. The van der Waals surface area contributed by atoms with Gasteiger partial charge in [-0.2, -0.15) is 0 Å². The molecule has 1 aliphatic heterocycles. The fourth-order valence-corrected chi connectivity index (χ4v) is 2.90. The average molecular weight is 342 g/mol. The highest BCUT2D eigenvalue weighted by Gasteiger charge is 2.29. The Balaban J connectivity index is 1.61. The van der Waals surface area contributed by atoms with Crippen molar-refractivity contribution < 1.29 is 14.0 Å². The number of aromatic nitrogens is 1. The molecule has 0 radical (unpaired) electrons. The molecule has 1 saturated heterocycles. The first kappa shape index (κ1) is 17.0. The molecule has 0 unspecified atom stereocenters. The summed E-state index contributed by atoms with van der Waals surface area (Å²) >= 11 is 0. The van der Waals surface area contributed by atoms with Gasteiger partial charge >= 0.3 is 0 Å². The highest BCUT2D eigenvalue weighted by atomic mass is 16.3. The van der Waals surface area contributed by atoms with Gasteiger partial charge in [0.05, 0.1) is 24.1 Å². The van der Waals surface area contributed by atoms with E-state index >= 15 is 0 Å².